The van der Waals surface area contributed by atoms with Gasteiger partial charge in [-0.2, -0.15) is 0 Å². The molecule has 3 rings (SSSR count). The second-order valence-electron chi connectivity index (χ2n) is 8.84. The van der Waals surface area contributed by atoms with Gasteiger partial charge in [0.25, 0.3) is 0 Å². The Morgan fingerprint density at radius 1 is 1.10 bits per heavy atom. The molecular formula is C23H34O8. The van der Waals surface area contributed by atoms with Crippen LogP contribution in [-0.4, -0.2) is 65.9 Å². The first-order chi connectivity index (χ1) is 14.5. The first-order valence-corrected chi connectivity index (χ1v) is 10.7. The van der Waals surface area contributed by atoms with E-state index in [-0.39, 0.29) is 36.2 Å². The number of aliphatic hydroxyl groups is 1. The summed E-state index contributed by atoms with van der Waals surface area (Å²) in [6, 6.07) is 3.48. The number of methoxy groups -OCH3 is 1. The van der Waals surface area contributed by atoms with Crippen molar-refractivity contribution in [2.75, 3.05) is 7.11 Å². The predicted octanol–water partition coefficient (Wildman–Crippen LogP) is 2.98. The Morgan fingerprint density at radius 2 is 1.74 bits per heavy atom. The fourth-order valence-electron chi connectivity index (χ4n) is 4.33. The van der Waals surface area contributed by atoms with Crippen molar-refractivity contribution in [3.63, 3.8) is 0 Å². The third-order valence-corrected chi connectivity index (χ3v) is 6.18. The zero-order valence-electron chi connectivity index (χ0n) is 19.1. The molecule has 0 amide bonds. The summed E-state index contributed by atoms with van der Waals surface area (Å²) in [7, 11) is 1.61. The normalized spacial score (nSPS) is 36.2. The van der Waals surface area contributed by atoms with E-state index in [1.54, 1.807) is 46.9 Å². The van der Waals surface area contributed by atoms with Crippen molar-refractivity contribution >= 4 is 5.97 Å². The molecule has 0 unspecified atom stereocenters. The first kappa shape index (κ1) is 23.9. The number of benzene rings is 1. The predicted molar refractivity (Wildman–Crippen MR) is 112 cm³/mol. The number of rotatable bonds is 5. The summed E-state index contributed by atoms with van der Waals surface area (Å²) in [6.45, 7) is 8.68. The highest BCUT2D eigenvalue weighted by atomic mass is 16.7. The number of ether oxygens (including phenoxy) is 5. The molecule has 0 saturated carbocycles. The molecule has 2 fully saturated rings. The van der Waals surface area contributed by atoms with E-state index in [4.69, 9.17) is 23.7 Å². The number of phenolic OH excluding ortho intramolecular Hbond substituents is 1. The summed E-state index contributed by atoms with van der Waals surface area (Å²) < 4.78 is 28.7. The lowest BCUT2D eigenvalue weighted by atomic mass is 9.88. The van der Waals surface area contributed by atoms with Crippen LogP contribution in [0.5, 0.6) is 5.75 Å². The second-order valence-corrected chi connectivity index (χ2v) is 8.84. The molecule has 2 heterocycles. The summed E-state index contributed by atoms with van der Waals surface area (Å²) in [5.41, 5.74) is -0.106. The van der Waals surface area contributed by atoms with Gasteiger partial charge in [0.1, 0.15) is 16.9 Å². The smallest absolute Gasteiger partial charge is 0.342 e. The highest BCUT2D eigenvalue weighted by molar-refractivity contribution is 5.94. The molecule has 0 bridgehead atoms. The van der Waals surface area contributed by atoms with Crippen LogP contribution in [0.4, 0.5) is 0 Å². The lowest BCUT2D eigenvalue weighted by molar-refractivity contribution is -0.305. The van der Waals surface area contributed by atoms with E-state index in [2.05, 4.69) is 0 Å². The van der Waals surface area contributed by atoms with Gasteiger partial charge >= 0.3 is 5.97 Å². The minimum Gasteiger partial charge on any atom is -0.507 e. The fraction of sp³-hybridized carbons (Fsp3) is 0.696. The number of carbonyl (C=O) groups excluding carboxylic acids is 1. The molecule has 1 aromatic carbocycles. The van der Waals surface area contributed by atoms with Crippen molar-refractivity contribution in [2.45, 2.75) is 96.5 Å². The molecule has 174 valence electrons. The number of aryl methyl sites for hydroxylation is 2. The van der Waals surface area contributed by atoms with Gasteiger partial charge in [0.2, 0.25) is 0 Å². The van der Waals surface area contributed by atoms with Crippen LogP contribution in [0.2, 0.25) is 0 Å². The zero-order chi connectivity index (χ0) is 22.9. The van der Waals surface area contributed by atoms with E-state index in [1.807, 2.05) is 6.92 Å². The maximum atomic E-state index is 12.8. The van der Waals surface area contributed by atoms with Crippen molar-refractivity contribution in [2.24, 2.45) is 0 Å². The molecule has 31 heavy (non-hydrogen) atoms. The largest absolute Gasteiger partial charge is 0.507 e. The van der Waals surface area contributed by atoms with E-state index in [0.29, 0.717) is 17.5 Å². The van der Waals surface area contributed by atoms with E-state index in [9.17, 15) is 15.0 Å². The van der Waals surface area contributed by atoms with Crippen LogP contribution in [-0.2, 0) is 23.7 Å². The molecule has 0 aromatic heterocycles. The second kappa shape index (κ2) is 9.42. The lowest BCUT2D eigenvalue weighted by Gasteiger charge is -2.45. The monoisotopic (exact) mass is 438 g/mol. The van der Waals surface area contributed by atoms with Crippen LogP contribution in [0.1, 0.15) is 61.5 Å². The third kappa shape index (κ3) is 5.21. The van der Waals surface area contributed by atoms with E-state index < -0.39 is 30.1 Å². The molecule has 7 atom stereocenters. The Morgan fingerprint density at radius 3 is 2.35 bits per heavy atom. The maximum absolute atomic E-state index is 12.8. The van der Waals surface area contributed by atoms with Gasteiger partial charge in [0.15, 0.2) is 18.7 Å². The minimum atomic E-state index is -1.38. The summed E-state index contributed by atoms with van der Waals surface area (Å²) >= 11 is 0. The molecule has 8 heteroatoms. The van der Waals surface area contributed by atoms with Crippen molar-refractivity contribution < 1.29 is 38.7 Å². The number of hydrogen-bond acceptors (Lipinski definition) is 8. The average Bonchev–Trinajstić information content (AvgIpc) is 2.69. The van der Waals surface area contributed by atoms with Gasteiger partial charge < -0.3 is 33.9 Å². The quantitative estimate of drug-likeness (QED) is 0.677. The van der Waals surface area contributed by atoms with Crippen LogP contribution in [0.25, 0.3) is 0 Å². The first-order valence-electron chi connectivity index (χ1n) is 10.7. The van der Waals surface area contributed by atoms with Crippen LogP contribution >= 0.6 is 0 Å². The van der Waals surface area contributed by atoms with Crippen molar-refractivity contribution in [3.05, 3.63) is 28.8 Å². The van der Waals surface area contributed by atoms with Gasteiger partial charge in [-0.3, -0.25) is 0 Å². The van der Waals surface area contributed by atoms with Gasteiger partial charge in [-0.15, -0.1) is 0 Å². The molecule has 2 saturated heterocycles. The molecule has 8 nitrogen and oxygen atoms in total. The molecule has 2 aliphatic heterocycles. The molecule has 1 aromatic rings. The molecule has 2 N–H and O–H groups in total. The van der Waals surface area contributed by atoms with Crippen LogP contribution in [0.15, 0.2) is 12.1 Å². The highest BCUT2D eigenvalue weighted by Gasteiger charge is 2.48. The SMILES string of the molecule is CO[C@@H]1CC[C@H](O[C@H]2C[C@@](C)(O)[C@H](OC(=O)c3c(C)ccc(C)c3O)[C@H](C)O2)[C@@H](C)O1. The number of hydrogen-bond donors (Lipinski definition) is 2. The van der Waals surface area contributed by atoms with Gasteiger partial charge in [-0.05, 0) is 52.2 Å². The molecule has 0 spiro atoms. The molecule has 0 radical (unpaired) electrons. The van der Waals surface area contributed by atoms with E-state index in [1.165, 1.54) is 0 Å². The Hall–Kier alpha value is -1.71. The van der Waals surface area contributed by atoms with Crippen molar-refractivity contribution in [1.82, 2.24) is 0 Å². The zero-order valence-corrected chi connectivity index (χ0v) is 19.1. The number of phenols is 1. The van der Waals surface area contributed by atoms with E-state index in [0.717, 1.165) is 6.42 Å². The Balaban J connectivity index is 1.66. The highest BCUT2D eigenvalue weighted by Crippen LogP contribution is 2.35. The summed E-state index contributed by atoms with van der Waals surface area (Å²) in [5, 5.41) is 21.4. The average molecular weight is 439 g/mol. The Labute approximate surface area is 183 Å². The van der Waals surface area contributed by atoms with Crippen LogP contribution in [0, 0.1) is 13.8 Å². The molecule has 2 aliphatic rings. The summed E-state index contributed by atoms with van der Waals surface area (Å²) in [6.07, 6.45) is -1.21. The van der Waals surface area contributed by atoms with Gasteiger partial charge in [-0.25, -0.2) is 4.79 Å². The standard InChI is InChI=1S/C23H34O8/c1-12-7-8-13(2)20(24)19(12)22(25)31-21-15(4)29-18(11-23(21,5)26)30-16-9-10-17(27-6)28-14(16)3/h7-8,14-18,21,24,26H,9-11H2,1-6H3/t14-,15+,16+,17+,18+,21-,23-/m1/s1. The Kier molecular flexibility index (Phi) is 7.28. The number of esters is 1. The topological polar surface area (TPSA) is 104 Å². The van der Waals surface area contributed by atoms with Crippen molar-refractivity contribution in [3.8, 4) is 5.75 Å². The van der Waals surface area contributed by atoms with Crippen LogP contribution < -0.4 is 0 Å². The maximum Gasteiger partial charge on any atom is 0.342 e. The Bertz CT molecular complexity index is 792. The van der Waals surface area contributed by atoms with Crippen molar-refractivity contribution in [1.29, 1.82) is 0 Å². The molecule has 0 aliphatic carbocycles. The van der Waals surface area contributed by atoms with E-state index >= 15 is 0 Å². The number of carbonyl (C=O) groups is 1. The lowest BCUT2D eigenvalue weighted by Crippen LogP contribution is -2.58. The minimum absolute atomic E-state index is 0.0993. The summed E-state index contributed by atoms with van der Waals surface area (Å²) in [5.74, 6) is -0.811. The third-order valence-electron chi connectivity index (χ3n) is 6.18. The summed E-state index contributed by atoms with van der Waals surface area (Å²) in [4.78, 5) is 12.8. The van der Waals surface area contributed by atoms with Gasteiger partial charge in [-0.1, -0.05) is 12.1 Å². The molecular weight excluding hydrogens is 404 g/mol. The fourth-order valence-corrected chi connectivity index (χ4v) is 4.33. The van der Waals surface area contributed by atoms with Gasteiger partial charge in [0, 0.05) is 20.0 Å². The van der Waals surface area contributed by atoms with Gasteiger partial charge in [0.05, 0.1) is 18.3 Å². The van der Waals surface area contributed by atoms with Crippen LogP contribution in [0.3, 0.4) is 0 Å². The number of aromatic hydroxyl groups is 1.